The lowest BCUT2D eigenvalue weighted by Gasteiger charge is -2.37. The van der Waals surface area contributed by atoms with Gasteiger partial charge in [0.05, 0.1) is 0 Å². The Morgan fingerprint density at radius 2 is 2.00 bits per heavy atom. The first-order chi connectivity index (χ1) is 6.38. The van der Waals surface area contributed by atoms with Gasteiger partial charge in [0.1, 0.15) is 0 Å². The molecule has 0 saturated carbocycles. The number of nitrogens with zero attached hydrogens (tertiary/aromatic N) is 1. The summed E-state index contributed by atoms with van der Waals surface area (Å²) in [7, 11) is 2.08. The number of rotatable bonds is 3. The summed E-state index contributed by atoms with van der Waals surface area (Å²) in [5.74, 6) is 0.936. The molecule has 76 valence electrons. The second-order valence-corrected chi connectivity index (χ2v) is 4.39. The van der Waals surface area contributed by atoms with E-state index in [9.17, 15) is 0 Å². The van der Waals surface area contributed by atoms with Crippen LogP contribution in [0, 0.1) is 5.92 Å². The quantitative estimate of drug-likeness (QED) is 0.639. The molecule has 2 aliphatic rings. The van der Waals surface area contributed by atoms with Gasteiger partial charge in [0.25, 0.3) is 0 Å². The lowest BCUT2D eigenvalue weighted by Crippen LogP contribution is -2.50. The van der Waals surface area contributed by atoms with Crippen molar-refractivity contribution in [1.29, 1.82) is 0 Å². The Kier molecular flexibility index (Phi) is 3.19. The van der Waals surface area contributed by atoms with E-state index in [2.05, 4.69) is 22.6 Å². The van der Waals surface area contributed by atoms with E-state index in [1.165, 1.54) is 45.6 Å². The molecule has 0 bridgehead atoms. The number of hydrogen-bond acceptors (Lipinski definition) is 3. The Balaban J connectivity index is 1.65. The van der Waals surface area contributed by atoms with E-state index in [1.54, 1.807) is 0 Å². The van der Waals surface area contributed by atoms with Crippen LogP contribution in [0.3, 0.4) is 0 Å². The van der Waals surface area contributed by atoms with E-state index >= 15 is 0 Å². The van der Waals surface area contributed by atoms with Crippen LogP contribution >= 0.6 is 0 Å². The zero-order valence-corrected chi connectivity index (χ0v) is 8.55. The smallest absolute Gasteiger partial charge is 0.00884 e. The van der Waals surface area contributed by atoms with E-state index in [4.69, 9.17) is 0 Å². The van der Waals surface area contributed by atoms with Gasteiger partial charge in [0.15, 0.2) is 0 Å². The van der Waals surface area contributed by atoms with Crippen LogP contribution in [0.5, 0.6) is 0 Å². The molecule has 0 radical (unpaired) electrons. The minimum absolute atomic E-state index is 0.774. The fraction of sp³-hybridized carbons (Fsp3) is 1.00. The van der Waals surface area contributed by atoms with Gasteiger partial charge < -0.3 is 15.5 Å². The molecule has 0 atom stereocenters. The van der Waals surface area contributed by atoms with E-state index in [-0.39, 0.29) is 0 Å². The van der Waals surface area contributed by atoms with Crippen LogP contribution in [-0.2, 0) is 0 Å². The maximum Gasteiger partial charge on any atom is 0.00884 e. The summed E-state index contributed by atoms with van der Waals surface area (Å²) in [6.07, 6.45) is 2.66. The highest BCUT2D eigenvalue weighted by molar-refractivity contribution is 4.82. The molecule has 2 rings (SSSR count). The third kappa shape index (κ3) is 2.42. The molecule has 0 unspecified atom stereocenters. The standard InChI is InChI=1S/C10H21N3/c1-11-10-2-4-13(5-3-10)8-9-6-12-7-9/h9-12H,2-8H2,1H3. The highest BCUT2D eigenvalue weighted by atomic mass is 15.2. The van der Waals surface area contributed by atoms with Crippen molar-refractivity contribution in [2.45, 2.75) is 18.9 Å². The molecule has 2 aliphatic heterocycles. The normalized spacial score (nSPS) is 27.5. The van der Waals surface area contributed by atoms with E-state index in [0.29, 0.717) is 0 Å². The van der Waals surface area contributed by atoms with Gasteiger partial charge in [-0.3, -0.25) is 0 Å². The van der Waals surface area contributed by atoms with Crippen molar-refractivity contribution < 1.29 is 0 Å². The van der Waals surface area contributed by atoms with Gasteiger partial charge in [0.2, 0.25) is 0 Å². The van der Waals surface area contributed by atoms with Gasteiger partial charge in [-0.2, -0.15) is 0 Å². The Bertz CT molecular complexity index is 148. The number of hydrogen-bond donors (Lipinski definition) is 2. The SMILES string of the molecule is CNC1CCN(CC2CNC2)CC1. The number of piperidine rings is 1. The van der Waals surface area contributed by atoms with E-state index in [1.807, 2.05) is 0 Å². The summed E-state index contributed by atoms with van der Waals surface area (Å²) in [6, 6.07) is 0.774. The molecular formula is C10H21N3. The Morgan fingerprint density at radius 1 is 1.31 bits per heavy atom. The second-order valence-electron chi connectivity index (χ2n) is 4.39. The molecule has 0 aromatic heterocycles. The van der Waals surface area contributed by atoms with Crippen molar-refractivity contribution in [1.82, 2.24) is 15.5 Å². The van der Waals surface area contributed by atoms with Crippen molar-refractivity contribution >= 4 is 0 Å². The lowest BCUT2D eigenvalue weighted by atomic mass is 9.99. The largest absolute Gasteiger partial charge is 0.317 e. The second kappa shape index (κ2) is 4.40. The fourth-order valence-electron chi connectivity index (χ4n) is 2.25. The summed E-state index contributed by atoms with van der Waals surface area (Å²) < 4.78 is 0. The molecule has 3 heteroatoms. The van der Waals surface area contributed by atoms with Crippen LogP contribution < -0.4 is 10.6 Å². The zero-order chi connectivity index (χ0) is 9.10. The third-order valence-electron chi connectivity index (χ3n) is 3.38. The van der Waals surface area contributed by atoms with Gasteiger partial charge in [-0.25, -0.2) is 0 Å². The Morgan fingerprint density at radius 3 is 2.46 bits per heavy atom. The Hall–Kier alpha value is -0.120. The summed E-state index contributed by atoms with van der Waals surface area (Å²) in [6.45, 7) is 6.39. The first-order valence-corrected chi connectivity index (χ1v) is 5.49. The molecule has 3 nitrogen and oxygen atoms in total. The molecule has 0 aromatic rings. The molecule has 0 aromatic carbocycles. The van der Waals surface area contributed by atoms with Gasteiger partial charge in [-0.1, -0.05) is 0 Å². The van der Waals surface area contributed by atoms with Crippen molar-refractivity contribution in [3.63, 3.8) is 0 Å². The molecule has 0 aliphatic carbocycles. The predicted molar refractivity (Wildman–Crippen MR) is 54.9 cm³/mol. The molecule has 0 amide bonds. The molecule has 13 heavy (non-hydrogen) atoms. The fourth-order valence-corrected chi connectivity index (χ4v) is 2.25. The van der Waals surface area contributed by atoms with Crippen molar-refractivity contribution in [3.8, 4) is 0 Å². The van der Waals surface area contributed by atoms with Crippen LogP contribution in [-0.4, -0.2) is 50.7 Å². The van der Waals surface area contributed by atoms with Crippen LogP contribution in [0.25, 0.3) is 0 Å². The van der Waals surface area contributed by atoms with Gasteiger partial charge in [-0.15, -0.1) is 0 Å². The van der Waals surface area contributed by atoms with Crippen molar-refractivity contribution in [2.24, 2.45) is 5.92 Å². The van der Waals surface area contributed by atoms with Gasteiger partial charge >= 0.3 is 0 Å². The minimum atomic E-state index is 0.774. The van der Waals surface area contributed by atoms with Gasteiger partial charge in [0, 0.05) is 25.7 Å². The number of likely N-dealkylation sites (tertiary alicyclic amines) is 1. The lowest BCUT2D eigenvalue weighted by molar-refractivity contribution is 0.152. The van der Waals surface area contributed by atoms with E-state index < -0.39 is 0 Å². The first-order valence-electron chi connectivity index (χ1n) is 5.49. The van der Waals surface area contributed by atoms with Gasteiger partial charge in [-0.05, 0) is 38.9 Å². The molecule has 2 fully saturated rings. The highest BCUT2D eigenvalue weighted by Gasteiger charge is 2.23. The van der Waals surface area contributed by atoms with Crippen molar-refractivity contribution in [3.05, 3.63) is 0 Å². The zero-order valence-electron chi connectivity index (χ0n) is 8.55. The molecule has 2 heterocycles. The maximum atomic E-state index is 3.37. The summed E-state index contributed by atoms with van der Waals surface area (Å²) in [4.78, 5) is 2.62. The van der Waals surface area contributed by atoms with Crippen LogP contribution in [0.1, 0.15) is 12.8 Å². The molecule has 2 N–H and O–H groups in total. The monoisotopic (exact) mass is 183 g/mol. The van der Waals surface area contributed by atoms with Crippen LogP contribution in [0.4, 0.5) is 0 Å². The third-order valence-corrected chi connectivity index (χ3v) is 3.38. The summed E-state index contributed by atoms with van der Waals surface area (Å²) >= 11 is 0. The predicted octanol–water partition coefficient (Wildman–Crippen LogP) is -0.110. The molecule has 0 spiro atoms. The summed E-state index contributed by atoms with van der Waals surface area (Å²) in [5, 5.41) is 6.70. The van der Waals surface area contributed by atoms with Crippen LogP contribution in [0.2, 0.25) is 0 Å². The molecule has 2 saturated heterocycles. The van der Waals surface area contributed by atoms with Crippen LogP contribution in [0.15, 0.2) is 0 Å². The highest BCUT2D eigenvalue weighted by Crippen LogP contribution is 2.13. The Labute approximate surface area is 80.9 Å². The maximum absolute atomic E-state index is 3.37. The average Bonchev–Trinajstić information content (AvgIpc) is 2.12. The number of nitrogens with one attached hydrogen (secondary N) is 2. The minimum Gasteiger partial charge on any atom is -0.317 e. The first kappa shape index (κ1) is 9.44. The van der Waals surface area contributed by atoms with Crippen molar-refractivity contribution in [2.75, 3.05) is 39.8 Å². The summed E-state index contributed by atoms with van der Waals surface area (Å²) in [5.41, 5.74) is 0. The van der Waals surface area contributed by atoms with E-state index in [0.717, 1.165) is 12.0 Å². The average molecular weight is 183 g/mol. The molecular weight excluding hydrogens is 162 g/mol. The topological polar surface area (TPSA) is 27.3 Å².